The zero-order valence-corrected chi connectivity index (χ0v) is 14.4. The number of aryl methyl sites for hydroxylation is 1. The molecule has 0 aliphatic rings. The Morgan fingerprint density at radius 1 is 1.28 bits per heavy atom. The first kappa shape index (κ1) is 16.9. The van der Waals surface area contributed by atoms with Gasteiger partial charge in [-0.1, -0.05) is 23.7 Å². The molecule has 0 spiro atoms. The van der Waals surface area contributed by atoms with Crippen LogP contribution in [0.3, 0.4) is 0 Å². The van der Waals surface area contributed by atoms with Crippen molar-refractivity contribution in [3.05, 3.63) is 59.4 Å². The van der Waals surface area contributed by atoms with E-state index in [4.69, 9.17) is 16.3 Å². The number of rotatable bonds is 5. The van der Waals surface area contributed by atoms with Gasteiger partial charge < -0.3 is 10.1 Å². The summed E-state index contributed by atoms with van der Waals surface area (Å²) in [5, 5.41) is 14.4. The predicted molar refractivity (Wildman–Crippen MR) is 94.1 cm³/mol. The van der Waals surface area contributed by atoms with Gasteiger partial charge in [0, 0.05) is 16.8 Å². The largest absolute Gasteiger partial charge is 0.481 e. The molecule has 0 fully saturated rings. The molecule has 0 saturated carbocycles. The van der Waals surface area contributed by atoms with Crippen LogP contribution in [0, 0.1) is 6.92 Å². The molecule has 0 aliphatic heterocycles. The fourth-order valence-electron chi connectivity index (χ4n) is 2.20. The van der Waals surface area contributed by atoms with Crippen molar-refractivity contribution in [3.63, 3.8) is 0 Å². The molecule has 128 valence electrons. The SMILES string of the molecule is Cc1ccc(Cl)cc1NC(=O)C(C)Oc1cccc(-n2cnnn2)c1. The molecular weight excluding hydrogens is 342 g/mol. The zero-order valence-electron chi connectivity index (χ0n) is 13.7. The van der Waals surface area contributed by atoms with Crippen LogP contribution < -0.4 is 10.1 Å². The second kappa shape index (κ2) is 7.31. The summed E-state index contributed by atoms with van der Waals surface area (Å²) in [6, 6.07) is 12.5. The van der Waals surface area contributed by atoms with Gasteiger partial charge in [-0.3, -0.25) is 4.79 Å². The Morgan fingerprint density at radius 3 is 2.88 bits per heavy atom. The van der Waals surface area contributed by atoms with Gasteiger partial charge in [0.2, 0.25) is 0 Å². The Morgan fingerprint density at radius 2 is 2.12 bits per heavy atom. The van der Waals surface area contributed by atoms with Gasteiger partial charge in [-0.25, -0.2) is 4.68 Å². The molecule has 1 atom stereocenters. The second-order valence-electron chi connectivity index (χ2n) is 5.46. The molecule has 0 bridgehead atoms. The molecule has 1 aromatic heterocycles. The van der Waals surface area contributed by atoms with Crippen LogP contribution in [0.2, 0.25) is 5.02 Å². The molecule has 1 N–H and O–H groups in total. The predicted octanol–water partition coefficient (Wildman–Crippen LogP) is 3.03. The number of aromatic nitrogens is 4. The smallest absolute Gasteiger partial charge is 0.265 e. The molecular formula is C17H16ClN5O2. The van der Waals surface area contributed by atoms with Crippen molar-refractivity contribution in [1.82, 2.24) is 20.2 Å². The van der Waals surface area contributed by atoms with Crippen molar-refractivity contribution in [2.75, 3.05) is 5.32 Å². The number of nitrogens with zero attached hydrogens (tertiary/aromatic N) is 4. The summed E-state index contributed by atoms with van der Waals surface area (Å²) in [5.41, 5.74) is 2.32. The number of nitrogens with one attached hydrogen (secondary N) is 1. The van der Waals surface area contributed by atoms with Crippen molar-refractivity contribution in [3.8, 4) is 11.4 Å². The first-order valence-corrected chi connectivity index (χ1v) is 7.98. The van der Waals surface area contributed by atoms with E-state index >= 15 is 0 Å². The summed E-state index contributed by atoms with van der Waals surface area (Å²) in [4.78, 5) is 12.4. The highest BCUT2D eigenvalue weighted by Gasteiger charge is 2.16. The van der Waals surface area contributed by atoms with Crippen LogP contribution in [0.5, 0.6) is 5.75 Å². The monoisotopic (exact) mass is 357 g/mol. The average molecular weight is 358 g/mol. The molecule has 2 aromatic carbocycles. The quantitative estimate of drug-likeness (QED) is 0.759. The molecule has 7 nitrogen and oxygen atoms in total. The molecule has 1 heterocycles. The lowest BCUT2D eigenvalue weighted by molar-refractivity contribution is -0.122. The number of hydrogen-bond acceptors (Lipinski definition) is 5. The van der Waals surface area contributed by atoms with Crippen LogP contribution in [0.4, 0.5) is 5.69 Å². The van der Waals surface area contributed by atoms with Crippen molar-refractivity contribution in [2.45, 2.75) is 20.0 Å². The van der Waals surface area contributed by atoms with E-state index in [0.717, 1.165) is 11.3 Å². The van der Waals surface area contributed by atoms with Crippen molar-refractivity contribution in [2.24, 2.45) is 0 Å². The van der Waals surface area contributed by atoms with Gasteiger partial charge in [-0.2, -0.15) is 0 Å². The molecule has 1 amide bonds. The van der Waals surface area contributed by atoms with E-state index in [9.17, 15) is 4.79 Å². The maximum absolute atomic E-state index is 12.4. The summed E-state index contributed by atoms with van der Waals surface area (Å²) in [6.07, 6.45) is 0.791. The number of amides is 1. The summed E-state index contributed by atoms with van der Waals surface area (Å²) in [6.45, 7) is 3.58. The number of ether oxygens (including phenoxy) is 1. The third-order valence-corrected chi connectivity index (χ3v) is 3.81. The van der Waals surface area contributed by atoms with Crippen molar-refractivity contribution in [1.29, 1.82) is 0 Å². The fourth-order valence-corrected chi connectivity index (χ4v) is 2.37. The Labute approximate surface area is 149 Å². The van der Waals surface area contributed by atoms with E-state index in [1.165, 1.54) is 11.0 Å². The van der Waals surface area contributed by atoms with Crippen LogP contribution in [-0.4, -0.2) is 32.2 Å². The number of carbonyl (C=O) groups is 1. The Balaban J connectivity index is 1.69. The Hall–Kier alpha value is -2.93. The first-order chi connectivity index (χ1) is 12.0. The molecule has 3 rings (SSSR count). The summed E-state index contributed by atoms with van der Waals surface area (Å²) in [7, 11) is 0. The first-order valence-electron chi connectivity index (χ1n) is 7.60. The van der Waals surface area contributed by atoms with E-state index in [1.807, 2.05) is 19.1 Å². The van der Waals surface area contributed by atoms with Crippen LogP contribution in [0.1, 0.15) is 12.5 Å². The standard InChI is InChI=1S/C17H16ClN5O2/c1-11-6-7-13(18)8-16(11)20-17(24)12(2)25-15-5-3-4-14(9-15)23-10-19-21-22-23/h3-10,12H,1-2H3,(H,20,24). The Bertz CT molecular complexity index is 883. The minimum atomic E-state index is -0.692. The molecule has 0 radical (unpaired) electrons. The van der Waals surface area contributed by atoms with Crippen LogP contribution in [0.25, 0.3) is 5.69 Å². The summed E-state index contributed by atoms with van der Waals surface area (Å²) < 4.78 is 7.24. The van der Waals surface area contributed by atoms with E-state index in [2.05, 4.69) is 20.8 Å². The van der Waals surface area contributed by atoms with Crippen LogP contribution in [0.15, 0.2) is 48.8 Å². The molecule has 25 heavy (non-hydrogen) atoms. The number of halogens is 1. The highest BCUT2D eigenvalue weighted by molar-refractivity contribution is 6.31. The highest BCUT2D eigenvalue weighted by Crippen LogP contribution is 2.21. The molecule has 3 aromatic rings. The minimum absolute atomic E-state index is 0.266. The molecule has 1 unspecified atom stereocenters. The molecule has 8 heteroatoms. The van der Waals surface area contributed by atoms with Gasteiger partial charge in [-0.05, 0) is 54.1 Å². The number of anilines is 1. The third kappa shape index (κ3) is 4.13. The van der Waals surface area contributed by atoms with Gasteiger partial charge in [0.05, 0.1) is 5.69 Å². The fraction of sp³-hybridized carbons (Fsp3) is 0.176. The van der Waals surface area contributed by atoms with Gasteiger partial charge >= 0.3 is 0 Å². The normalized spacial score (nSPS) is 11.8. The second-order valence-corrected chi connectivity index (χ2v) is 5.90. The van der Waals surface area contributed by atoms with E-state index < -0.39 is 6.10 Å². The van der Waals surface area contributed by atoms with Gasteiger partial charge in [0.1, 0.15) is 12.1 Å². The van der Waals surface area contributed by atoms with Gasteiger partial charge in [0.15, 0.2) is 6.10 Å². The minimum Gasteiger partial charge on any atom is -0.481 e. The van der Waals surface area contributed by atoms with Gasteiger partial charge in [-0.15, -0.1) is 5.10 Å². The summed E-state index contributed by atoms with van der Waals surface area (Å²) in [5.74, 6) is 0.275. The number of hydrogen-bond donors (Lipinski definition) is 1. The van der Waals surface area contributed by atoms with Crippen molar-refractivity contribution >= 4 is 23.2 Å². The summed E-state index contributed by atoms with van der Waals surface area (Å²) >= 11 is 5.97. The topological polar surface area (TPSA) is 81.9 Å². The van der Waals surface area contributed by atoms with E-state index in [1.54, 1.807) is 37.3 Å². The maximum Gasteiger partial charge on any atom is 0.265 e. The van der Waals surface area contributed by atoms with Crippen LogP contribution >= 0.6 is 11.6 Å². The van der Waals surface area contributed by atoms with Gasteiger partial charge in [0.25, 0.3) is 5.91 Å². The Kier molecular flexibility index (Phi) is 4.95. The lowest BCUT2D eigenvalue weighted by Crippen LogP contribution is -2.30. The number of benzene rings is 2. The maximum atomic E-state index is 12.4. The number of carbonyl (C=O) groups excluding carboxylic acids is 1. The number of tetrazole rings is 1. The van der Waals surface area contributed by atoms with E-state index in [0.29, 0.717) is 16.5 Å². The molecule has 0 aliphatic carbocycles. The third-order valence-electron chi connectivity index (χ3n) is 3.57. The lowest BCUT2D eigenvalue weighted by atomic mass is 10.2. The van der Waals surface area contributed by atoms with Crippen molar-refractivity contribution < 1.29 is 9.53 Å². The highest BCUT2D eigenvalue weighted by atomic mass is 35.5. The molecule has 0 saturated heterocycles. The lowest BCUT2D eigenvalue weighted by Gasteiger charge is -2.16. The van der Waals surface area contributed by atoms with Crippen LogP contribution in [-0.2, 0) is 4.79 Å². The van der Waals surface area contributed by atoms with E-state index in [-0.39, 0.29) is 5.91 Å². The zero-order chi connectivity index (χ0) is 17.8. The average Bonchev–Trinajstić information content (AvgIpc) is 3.13.